The second kappa shape index (κ2) is 8.62. The summed E-state index contributed by atoms with van der Waals surface area (Å²) < 4.78 is 0. The van der Waals surface area contributed by atoms with Crippen LogP contribution in [0.5, 0.6) is 0 Å². The number of nitrogens with zero attached hydrogens (tertiary/aromatic N) is 3. The van der Waals surface area contributed by atoms with Gasteiger partial charge in [0.25, 0.3) is 0 Å². The van der Waals surface area contributed by atoms with E-state index in [4.69, 9.17) is 5.26 Å². The zero-order valence-corrected chi connectivity index (χ0v) is 16.4. The van der Waals surface area contributed by atoms with Crippen LogP contribution in [0, 0.1) is 17.2 Å². The fraction of sp³-hybridized carbons (Fsp3) is 0.160. The molecule has 1 unspecified atom stereocenters. The van der Waals surface area contributed by atoms with Crippen molar-refractivity contribution in [3.63, 3.8) is 0 Å². The molecule has 1 saturated heterocycles. The van der Waals surface area contributed by atoms with Crippen molar-refractivity contribution in [3.8, 4) is 6.07 Å². The Hall–Kier alpha value is -3.91. The van der Waals surface area contributed by atoms with E-state index in [1.165, 1.54) is 0 Å². The monoisotopic (exact) mass is 395 g/mol. The van der Waals surface area contributed by atoms with Gasteiger partial charge in [0.2, 0.25) is 11.8 Å². The molecule has 0 bridgehead atoms. The maximum absolute atomic E-state index is 13.5. The third-order valence-corrected chi connectivity index (χ3v) is 5.28. The van der Waals surface area contributed by atoms with Crippen molar-refractivity contribution >= 4 is 23.2 Å². The molecule has 1 aliphatic rings. The predicted molar refractivity (Wildman–Crippen MR) is 116 cm³/mol. The van der Waals surface area contributed by atoms with Crippen LogP contribution >= 0.6 is 0 Å². The van der Waals surface area contributed by atoms with Crippen LogP contribution in [0.25, 0.3) is 0 Å². The van der Waals surface area contributed by atoms with Gasteiger partial charge in [0.1, 0.15) is 0 Å². The number of benzene rings is 3. The minimum absolute atomic E-state index is 0.0719. The van der Waals surface area contributed by atoms with Crippen LogP contribution in [0.3, 0.4) is 0 Å². The average Bonchev–Trinajstić information content (AvgIpc) is 3.20. The third-order valence-electron chi connectivity index (χ3n) is 5.28. The van der Waals surface area contributed by atoms with E-state index in [0.29, 0.717) is 24.3 Å². The van der Waals surface area contributed by atoms with E-state index in [2.05, 4.69) is 6.07 Å². The summed E-state index contributed by atoms with van der Waals surface area (Å²) in [6.45, 7) is 0.753. The second-order valence-electron chi connectivity index (χ2n) is 7.31. The van der Waals surface area contributed by atoms with Crippen molar-refractivity contribution in [2.75, 3.05) is 16.3 Å². The van der Waals surface area contributed by atoms with Gasteiger partial charge in [-0.15, -0.1) is 0 Å². The van der Waals surface area contributed by atoms with Gasteiger partial charge in [-0.1, -0.05) is 54.6 Å². The molecule has 0 saturated carbocycles. The van der Waals surface area contributed by atoms with Crippen LogP contribution < -0.4 is 9.80 Å². The van der Waals surface area contributed by atoms with Crippen molar-refractivity contribution in [1.82, 2.24) is 0 Å². The van der Waals surface area contributed by atoms with E-state index >= 15 is 0 Å². The number of para-hydroxylation sites is 1. The van der Waals surface area contributed by atoms with E-state index in [1.807, 2.05) is 60.7 Å². The Balaban J connectivity index is 1.58. The number of nitriles is 1. The molecule has 0 radical (unpaired) electrons. The molecule has 3 aromatic rings. The van der Waals surface area contributed by atoms with Gasteiger partial charge in [0.05, 0.1) is 24.1 Å². The molecule has 5 heteroatoms. The van der Waals surface area contributed by atoms with Gasteiger partial charge >= 0.3 is 0 Å². The molecule has 2 amide bonds. The van der Waals surface area contributed by atoms with Crippen LogP contribution in [0.2, 0.25) is 0 Å². The van der Waals surface area contributed by atoms with Crippen LogP contribution in [0.4, 0.5) is 11.4 Å². The number of carbonyl (C=O) groups is 2. The van der Waals surface area contributed by atoms with Gasteiger partial charge in [-0.2, -0.15) is 5.26 Å². The summed E-state index contributed by atoms with van der Waals surface area (Å²) in [7, 11) is 0. The largest absolute Gasteiger partial charge is 0.312 e. The molecule has 0 aliphatic carbocycles. The minimum Gasteiger partial charge on any atom is -0.312 e. The van der Waals surface area contributed by atoms with Crippen molar-refractivity contribution in [2.24, 2.45) is 5.92 Å². The Kier molecular flexibility index (Phi) is 5.58. The number of carbonyl (C=O) groups excluding carboxylic acids is 2. The highest BCUT2D eigenvalue weighted by Crippen LogP contribution is 2.29. The summed E-state index contributed by atoms with van der Waals surface area (Å²) in [5.74, 6) is -0.610. The maximum Gasteiger partial charge on any atom is 0.232 e. The van der Waals surface area contributed by atoms with Gasteiger partial charge in [-0.25, -0.2) is 0 Å². The first-order chi connectivity index (χ1) is 14.7. The van der Waals surface area contributed by atoms with Gasteiger partial charge in [-0.3, -0.25) is 9.59 Å². The number of hydrogen-bond acceptors (Lipinski definition) is 3. The van der Waals surface area contributed by atoms with E-state index < -0.39 is 5.92 Å². The molecule has 30 heavy (non-hydrogen) atoms. The summed E-state index contributed by atoms with van der Waals surface area (Å²) in [6.07, 6.45) is 0.160. The van der Waals surface area contributed by atoms with Crippen LogP contribution in [-0.4, -0.2) is 18.4 Å². The third kappa shape index (κ3) is 4.08. The molecular weight excluding hydrogens is 374 g/mol. The smallest absolute Gasteiger partial charge is 0.232 e. The lowest BCUT2D eigenvalue weighted by Crippen LogP contribution is -2.37. The molecule has 0 aromatic heterocycles. The molecular formula is C25H21N3O2. The highest BCUT2D eigenvalue weighted by molar-refractivity contribution is 6.04. The Morgan fingerprint density at radius 1 is 1.00 bits per heavy atom. The number of anilines is 2. The van der Waals surface area contributed by atoms with Gasteiger partial charge in [0, 0.05) is 24.3 Å². The topological polar surface area (TPSA) is 64.4 Å². The Morgan fingerprint density at radius 3 is 2.40 bits per heavy atom. The SMILES string of the molecule is N#Cc1cccc(N2CC(C(=O)N(Cc3ccccc3)c3ccccc3)CC2=O)c1. The highest BCUT2D eigenvalue weighted by atomic mass is 16.2. The van der Waals surface area contributed by atoms with Gasteiger partial charge in [0.15, 0.2) is 0 Å². The molecule has 0 N–H and O–H groups in total. The first kappa shape index (κ1) is 19.4. The lowest BCUT2D eigenvalue weighted by Gasteiger charge is -2.26. The molecule has 5 nitrogen and oxygen atoms in total. The predicted octanol–water partition coefficient (Wildman–Crippen LogP) is 4.14. The summed E-state index contributed by atoms with van der Waals surface area (Å²) >= 11 is 0. The first-order valence-electron chi connectivity index (χ1n) is 9.86. The highest BCUT2D eigenvalue weighted by Gasteiger charge is 2.37. The molecule has 3 aromatic carbocycles. The summed E-state index contributed by atoms with van der Waals surface area (Å²) in [6, 6.07) is 28.4. The Bertz CT molecular complexity index is 1090. The first-order valence-corrected chi connectivity index (χ1v) is 9.86. The molecule has 0 spiro atoms. The second-order valence-corrected chi connectivity index (χ2v) is 7.31. The molecule has 4 rings (SSSR count). The number of hydrogen-bond donors (Lipinski definition) is 0. The molecule has 148 valence electrons. The lowest BCUT2D eigenvalue weighted by molar-refractivity contribution is -0.124. The van der Waals surface area contributed by atoms with Crippen molar-refractivity contribution in [2.45, 2.75) is 13.0 Å². The van der Waals surface area contributed by atoms with E-state index in [9.17, 15) is 9.59 Å². The summed E-state index contributed by atoms with van der Waals surface area (Å²) in [5.41, 5.74) is 2.98. The van der Waals surface area contributed by atoms with Crippen LogP contribution in [-0.2, 0) is 16.1 Å². The van der Waals surface area contributed by atoms with Gasteiger partial charge < -0.3 is 9.80 Å². The minimum atomic E-state index is -0.438. The normalized spacial score (nSPS) is 15.6. The summed E-state index contributed by atoms with van der Waals surface area (Å²) in [4.78, 5) is 29.5. The number of amides is 2. The van der Waals surface area contributed by atoms with Crippen molar-refractivity contribution in [3.05, 3.63) is 96.1 Å². The fourth-order valence-electron chi connectivity index (χ4n) is 3.76. The maximum atomic E-state index is 13.5. The quantitative estimate of drug-likeness (QED) is 0.652. The Morgan fingerprint density at radius 2 is 1.70 bits per heavy atom. The summed E-state index contributed by atoms with van der Waals surface area (Å²) in [5, 5.41) is 9.14. The van der Waals surface area contributed by atoms with Crippen LogP contribution in [0.1, 0.15) is 17.5 Å². The van der Waals surface area contributed by atoms with Gasteiger partial charge in [-0.05, 0) is 35.9 Å². The molecule has 1 heterocycles. The molecule has 1 fully saturated rings. The van der Waals surface area contributed by atoms with Crippen LogP contribution in [0.15, 0.2) is 84.9 Å². The van der Waals surface area contributed by atoms with E-state index in [1.54, 1.807) is 34.1 Å². The zero-order chi connectivity index (χ0) is 20.9. The van der Waals surface area contributed by atoms with Crippen molar-refractivity contribution in [1.29, 1.82) is 5.26 Å². The lowest BCUT2D eigenvalue weighted by atomic mass is 10.1. The fourth-order valence-corrected chi connectivity index (χ4v) is 3.76. The molecule has 1 aliphatic heterocycles. The Labute approximate surface area is 175 Å². The number of rotatable bonds is 5. The standard InChI is InChI=1S/C25H21N3O2/c26-16-20-10-7-13-23(14-20)27-18-21(15-24(27)29)25(30)28(22-11-5-2-6-12-22)17-19-8-3-1-4-9-19/h1-14,21H,15,17-18H2. The van der Waals surface area contributed by atoms with Crippen molar-refractivity contribution < 1.29 is 9.59 Å². The zero-order valence-electron chi connectivity index (χ0n) is 16.4. The average molecular weight is 395 g/mol. The van der Waals surface area contributed by atoms with E-state index in [0.717, 1.165) is 11.3 Å². The van der Waals surface area contributed by atoms with E-state index in [-0.39, 0.29) is 18.2 Å². The molecule has 1 atom stereocenters.